The maximum Gasteiger partial charge on any atom is 0.274 e. The molecule has 1 heterocycles. The van der Waals surface area contributed by atoms with E-state index in [0.717, 1.165) is 5.69 Å². The third-order valence-corrected chi connectivity index (χ3v) is 4.77. The SMILES string of the molecule is CC(=O)c1ccc(NC(=O)c2ccc(NC3CCCCCC3)cn2)cc1. The molecule has 1 aromatic carbocycles. The van der Waals surface area contributed by atoms with Gasteiger partial charge in [-0.2, -0.15) is 0 Å². The minimum Gasteiger partial charge on any atom is -0.381 e. The number of hydrogen-bond donors (Lipinski definition) is 2. The molecule has 0 atom stereocenters. The predicted molar refractivity (Wildman–Crippen MR) is 104 cm³/mol. The number of amides is 1. The zero-order valence-electron chi connectivity index (χ0n) is 15.1. The molecule has 1 amide bonds. The van der Waals surface area contributed by atoms with Gasteiger partial charge in [0.1, 0.15) is 5.69 Å². The van der Waals surface area contributed by atoms with Gasteiger partial charge < -0.3 is 10.6 Å². The number of carbonyl (C=O) groups is 2. The zero-order chi connectivity index (χ0) is 18.4. The van der Waals surface area contributed by atoms with Crippen molar-refractivity contribution in [1.29, 1.82) is 0 Å². The number of anilines is 2. The maximum absolute atomic E-state index is 12.3. The van der Waals surface area contributed by atoms with E-state index in [2.05, 4.69) is 15.6 Å². The van der Waals surface area contributed by atoms with Gasteiger partial charge in [-0.25, -0.2) is 4.98 Å². The van der Waals surface area contributed by atoms with Crippen LogP contribution in [-0.2, 0) is 0 Å². The van der Waals surface area contributed by atoms with Crippen molar-refractivity contribution in [2.75, 3.05) is 10.6 Å². The standard InChI is InChI=1S/C21H25N3O2/c1-15(25)16-8-10-18(11-9-16)24-21(26)20-13-12-19(14-22-20)23-17-6-4-2-3-5-7-17/h8-14,17,23H,2-7H2,1H3,(H,24,26). The Morgan fingerprint density at radius 2 is 1.58 bits per heavy atom. The summed E-state index contributed by atoms with van der Waals surface area (Å²) in [6, 6.07) is 11.0. The van der Waals surface area contributed by atoms with Crippen LogP contribution >= 0.6 is 0 Å². The van der Waals surface area contributed by atoms with Crippen molar-refractivity contribution >= 4 is 23.1 Å². The van der Waals surface area contributed by atoms with Gasteiger partial charge in [0.25, 0.3) is 5.91 Å². The Bertz CT molecular complexity index is 746. The van der Waals surface area contributed by atoms with Crippen molar-refractivity contribution in [3.63, 3.8) is 0 Å². The quantitative estimate of drug-likeness (QED) is 0.606. The lowest BCUT2D eigenvalue weighted by Crippen LogP contribution is -2.19. The molecule has 3 rings (SSSR count). The number of pyridine rings is 1. The fourth-order valence-electron chi connectivity index (χ4n) is 3.26. The summed E-state index contributed by atoms with van der Waals surface area (Å²) in [6.45, 7) is 1.52. The van der Waals surface area contributed by atoms with Gasteiger partial charge in [0.2, 0.25) is 0 Å². The Morgan fingerprint density at radius 1 is 0.923 bits per heavy atom. The highest BCUT2D eigenvalue weighted by atomic mass is 16.2. The van der Waals surface area contributed by atoms with E-state index in [9.17, 15) is 9.59 Å². The van der Waals surface area contributed by atoms with Crippen LogP contribution in [0.15, 0.2) is 42.6 Å². The second-order valence-electron chi connectivity index (χ2n) is 6.85. The summed E-state index contributed by atoms with van der Waals surface area (Å²) in [5, 5.41) is 6.33. The Kier molecular flexibility index (Phi) is 6.00. The monoisotopic (exact) mass is 351 g/mol. The molecule has 0 spiro atoms. The molecular formula is C21H25N3O2. The van der Waals surface area contributed by atoms with Crippen LogP contribution < -0.4 is 10.6 Å². The molecular weight excluding hydrogens is 326 g/mol. The zero-order valence-corrected chi connectivity index (χ0v) is 15.1. The highest BCUT2D eigenvalue weighted by molar-refractivity contribution is 6.03. The molecule has 1 saturated carbocycles. The van der Waals surface area contributed by atoms with Crippen LogP contribution in [0.2, 0.25) is 0 Å². The molecule has 1 fully saturated rings. The summed E-state index contributed by atoms with van der Waals surface area (Å²) in [6.07, 6.45) is 9.30. The fourth-order valence-corrected chi connectivity index (χ4v) is 3.26. The molecule has 136 valence electrons. The molecule has 0 bridgehead atoms. The van der Waals surface area contributed by atoms with Crippen LogP contribution in [0.4, 0.5) is 11.4 Å². The second kappa shape index (κ2) is 8.61. The Balaban J connectivity index is 1.58. The van der Waals surface area contributed by atoms with Crippen molar-refractivity contribution in [3.05, 3.63) is 53.9 Å². The number of nitrogens with zero attached hydrogens (tertiary/aromatic N) is 1. The second-order valence-corrected chi connectivity index (χ2v) is 6.85. The van der Waals surface area contributed by atoms with Crippen LogP contribution in [-0.4, -0.2) is 22.7 Å². The summed E-state index contributed by atoms with van der Waals surface area (Å²) in [4.78, 5) is 27.9. The number of Topliss-reactive ketones (excluding diaryl/α,β-unsaturated/α-hetero) is 1. The number of ketones is 1. The van der Waals surface area contributed by atoms with Gasteiger partial charge in [-0.3, -0.25) is 9.59 Å². The minimum absolute atomic E-state index is 0.00120. The van der Waals surface area contributed by atoms with E-state index in [4.69, 9.17) is 0 Å². The largest absolute Gasteiger partial charge is 0.381 e. The molecule has 0 saturated heterocycles. The maximum atomic E-state index is 12.3. The Hall–Kier alpha value is -2.69. The topological polar surface area (TPSA) is 71.1 Å². The predicted octanol–water partition coefficient (Wildman–Crippen LogP) is 4.67. The van der Waals surface area contributed by atoms with Gasteiger partial charge in [-0.1, -0.05) is 25.7 Å². The molecule has 1 aliphatic carbocycles. The van der Waals surface area contributed by atoms with Gasteiger partial charge in [-0.15, -0.1) is 0 Å². The third-order valence-electron chi connectivity index (χ3n) is 4.77. The smallest absolute Gasteiger partial charge is 0.274 e. The van der Waals surface area contributed by atoms with E-state index in [1.807, 2.05) is 6.07 Å². The van der Waals surface area contributed by atoms with Crippen molar-refractivity contribution in [1.82, 2.24) is 4.98 Å². The molecule has 1 aromatic heterocycles. The summed E-state index contributed by atoms with van der Waals surface area (Å²) in [5.41, 5.74) is 2.59. The van der Waals surface area contributed by atoms with Crippen LogP contribution in [0.3, 0.4) is 0 Å². The Labute approximate surface area is 154 Å². The summed E-state index contributed by atoms with van der Waals surface area (Å²) in [7, 11) is 0. The average Bonchev–Trinajstić information content (AvgIpc) is 2.91. The van der Waals surface area contributed by atoms with E-state index in [-0.39, 0.29) is 11.7 Å². The average molecular weight is 351 g/mol. The lowest BCUT2D eigenvalue weighted by Gasteiger charge is -2.17. The van der Waals surface area contributed by atoms with Crippen LogP contribution in [0.25, 0.3) is 0 Å². The van der Waals surface area contributed by atoms with Crippen molar-refractivity contribution in [2.24, 2.45) is 0 Å². The molecule has 2 aromatic rings. The third kappa shape index (κ3) is 4.91. The van der Waals surface area contributed by atoms with Gasteiger partial charge in [-0.05, 0) is 56.2 Å². The molecule has 5 heteroatoms. The number of rotatable bonds is 5. The summed E-state index contributed by atoms with van der Waals surface area (Å²) >= 11 is 0. The first kappa shape index (κ1) is 18.1. The lowest BCUT2D eigenvalue weighted by molar-refractivity contribution is 0.101. The fraction of sp³-hybridized carbons (Fsp3) is 0.381. The minimum atomic E-state index is -0.262. The number of hydrogen-bond acceptors (Lipinski definition) is 4. The molecule has 0 aliphatic heterocycles. The van der Waals surface area contributed by atoms with E-state index < -0.39 is 0 Å². The van der Waals surface area contributed by atoms with E-state index >= 15 is 0 Å². The van der Waals surface area contributed by atoms with E-state index in [0.29, 0.717) is 23.0 Å². The van der Waals surface area contributed by atoms with E-state index in [1.165, 1.54) is 45.4 Å². The molecule has 5 nitrogen and oxygen atoms in total. The number of carbonyl (C=O) groups excluding carboxylic acids is 2. The first-order valence-corrected chi connectivity index (χ1v) is 9.27. The highest BCUT2D eigenvalue weighted by Crippen LogP contribution is 2.21. The summed E-state index contributed by atoms with van der Waals surface area (Å²) < 4.78 is 0. The van der Waals surface area contributed by atoms with Crippen LogP contribution in [0.1, 0.15) is 66.3 Å². The number of nitrogens with one attached hydrogen (secondary N) is 2. The molecule has 0 unspecified atom stereocenters. The normalized spacial score (nSPS) is 15.1. The van der Waals surface area contributed by atoms with Gasteiger partial charge in [0.05, 0.1) is 11.9 Å². The van der Waals surface area contributed by atoms with Crippen molar-refractivity contribution < 1.29 is 9.59 Å². The first-order valence-electron chi connectivity index (χ1n) is 9.27. The number of benzene rings is 1. The van der Waals surface area contributed by atoms with Crippen LogP contribution in [0, 0.1) is 0 Å². The van der Waals surface area contributed by atoms with Gasteiger partial charge in [0.15, 0.2) is 5.78 Å². The van der Waals surface area contributed by atoms with Crippen molar-refractivity contribution in [2.45, 2.75) is 51.5 Å². The van der Waals surface area contributed by atoms with Crippen molar-refractivity contribution in [3.8, 4) is 0 Å². The highest BCUT2D eigenvalue weighted by Gasteiger charge is 2.13. The van der Waals surface area contributed by atoms with Gasteiger partial charge in [0, 0.05) is 17.3 Å². The Morgan fingerprint density at radius 3 is 2.15 bits per heavy atom. The van der Waals surface area contributed by atoms with Crippen LogP contribution in [0.5, 0.6) is 0 Å². The summed E-state index contributed by atoms with van der Waals surface area (Å²) in [5.74, 6) is -0.261. The van der Waals surface area contributed by atoms with Gasteiger partial charge >= 0.3 is 0 Å². The first-order chi connectivity index (χ1) is 12.6. The van der Waals surface area contributed by atoms with E-state index in [1.54, 1.807) is 36.5 Å². The number of aromatic nitrogens is 1. The molecule has 1 aliphatic rings. The molecule has 2 N–H and O–H groups in total. The molecule has 26 heavy (non-hydrogen) atoms. The molecule has 0 radical (unpaired) electrons. The lowest BCUT2D eigenvalue weighted by atomic mass is 10.1.